The zero-order valence-corrected chi connectivity index (χ0v) is 14.8. The number of carboxylic acid groups (broad SMARTS) is 1. The van der Waals surface area contributed by atoms with Gasteiger partial charge in [0.1, 0.15) is 23.4 Å². The van der Waals surface area contributed by atoms with Crippen LogP contribution in [-0.2, 0) is 15.1 Å². The lowest BCUT2D eigenvalue weighted by Crippen LogP contribution is -2.54. The molecule has 1 heterocycles. The highest BCUT2D eigenvalue weighted by Gasteiger charge is 2.56. The number of hydrogen-bond donors (Lipinski definition) is 2. The minimum atomic E-state index is -1.65. The van der Waals surface area contributed by atoms with Gasteiger partial charge in [-0.05, 0) is 51.0 Å². The summed E-state index contributed by atoms with van der Waals surface area (Å²) >= 11 is 0. The third kappa shape index (κ3) is 3.22. The Labute approximate surface area is 146 Å². The molecule has 0 aliphatic carbocycles. The molecule has 25 heavy (non-hydrogen) atoms. The number of nitrogens with zero attached hydrogens (tertiary/aromatic N) is 1. The Kier molecular flexibility index (Phi) is 4.61. The molecule has 1 fully saturated rings. The van der Waals surface area contributed by atoms with E-state index in [0.29, 0.717) is 17.9 Å². The summed E-state index contributed by atoms with van der Waals surface area (Å²) in [5.41, 5.74) is -1.57. The number of ether oxygens (including phenoxy) is 1. The molecule has 7 heteroatoms. The topological polar surface area (TPSA) is 95.9 Å². The van der Waals surface area contributed by atoms with Crippen LogP contribution in [0.15, 0.2) is 36.4 Å². The highest BCUT2D eigenvalue weighted by Crippen LogP contribution is 2.33. The fraction of sp³-hybridized carbons (Fsp3) is 0.389. The van der Waals surface area contributed by atoms with Crippen molar-refractivity contribution in [1.29, 1.82) is 0 Å². The number of hydrogen-bond acceptors (Lipinski definition) is 4. The number of carbonyl (C=O) groups excluding carboxylic acids is 2. The predicted octanol–water partition coefficient (Wildman–Crippen LogP) is 2.27. The lowest BCUT2D eigenvalue weighted by atomic mass is 9.90. The average Bonchev–Trinajstić information content (AvgIpc) is 2.76. The Morgan fingerprint density at radius 2 is 1.88 bits per heavy atom. The number of imide groups is 1. The second-order valence-corrected chi connectivity index (χ2v) is 6.83. The van der Waals surface area contributed by atoms with Crippen molar-refractivity contribution >= 4 is 17.9 Å². The second-order valence-electron chi connectivity index (χ2n) is 6.83. The molecule has 3 amide bonds. The quantitative estimate of drug-likeness (QED) is 0.608. The van der Waals surface area contributed by atoms with Crippen LogP contribution in [0.3, 0.4) is 0 Å². The van der Waals surface area contributed by atoms with E-state index in [0.717, 1.165) is 10.5 Å². The van der Waals surface area contributed by atoms with Crippen LogP contribution in [0.5, 0.6) is 5.75 Å². The summed E-state index contributed by atoms with van der Waals surface area (Å²) in [6, 6.07) is 5.98. The summed E-state index contributed by atoms with van der Waals surface area (Å²) < 4.78 is 5.51. The normalized spacial score (nSPS) is 20.4. The van der Waals surface area contributed by atoms with Gasteiger partial charge in [-0.25, -0.2) is 14.5 Å². The van der Waals surface area contributed by atoms with Gasteiger partial charge in [-0.3, -0.25) is 4.79 Å². The van der Waals surface area contributed by atoms with Gasteiger partial charge < -0.3 is 15.2 Å². The Hall–Kier alpha value is -2.83. The van der Waals surface area contributed by atoms with Crippen molar-refractivity contribution in [2.75, 3.05) is 6.61 Å². The Morgan fingerprint density at radius 3 is 2.36 bits per heavy atom. The van der Waals surface area contributed by atoms with E-state index in [1.54, 1.807) is 31.2 Å². The molecule has 1 aliphatic rings. The maximum Gasteiger partial charge on any atom is 0.329 e. The minimum absolute atomic E-state index is 0.382. The monoisotopic (exact) mass is 346 g/mol. The molecule has 1 saturated heterocycles. The summed E-state index contributed by atoms with van der Waals surface area (Å²) in [7, 11) is 0. The number of aliphatic carboxylic acids is 1. The van der Waals surface area contributed by atoms with Crippen LogP contribution in [0.25, 0.3) is 0 Å². The van der Waals surface area contributed by atoms with E-state index in [-0.39, 0.29) is 0 Å². The minimum Gasteiger partial charge on any atom is -0.489 e. The van der Waals surface area contributed by atoms with Crippen LogP contribution in [-0.4, -0.2) is 40.1 Å². The van der Waals surface area contributed by atoms with Gasteiger partial charge in [0.25, 0.3) is 5.91 Å². The van der Waals surface area contributed by atoms with Crippen LogP contribution < -0.4 is 10.1 Å². The highest BCUT2D eigenvalue weighted by molar-refractivity contribution is 6.10. The van der Waals surface area contributed by atoms with Gasteiger partial charge in [0, 0.05) is 0 Å². The SMILES string of the molecule is C=C(C)COc1ccc(C2(C)NC(=O)N(C(C)(C)C(=O)O)C2=O)cc1. The molecule has 2 rings (SSSR count). The van der Waals surface area contributed by atoms with Crippen molar-refractivity contribution in [2.24, 2.45) is 0 Å². The van der Waals surface area contributed by atoms with Crippen LogP contribution in [0.1, 0.15) is 33.3 Å². The Balaban J connectivity index is 2.30. The van der Waals surface area contributed by atoms with Gasteiger partial charge in [0.05, 0.1) is 0 Å². The van der Waals surface area contributed by atoms with Crippen molar-refractivity contribution in [1.82, 2.24) is 10.2 Å². The molecule has 1 unspecified atom stereocenters. The summed E-state index contributed by atoms with van der Waals surface area (Å²) in [4.78, 5) is 37.3. The zero-order valence-electron chi connectivity index (χ0n) is 14.8. The summed E-state index contributed by atoms with van der Waals surface area (Å²) in [6.45, 7) is 10.2. The summed E-state index contributed by atoms with van der Waals surface area (Å²) in [6.07, 6.45) is 0. The van der Waals surface area contributed by atoms with Crippen molar-refractivity contribution in [3.05, 3.63) is 42.0 Å². The van der Waals surface area contributed by atoms with E-state index in [1.807, 2.05) is 6.92 Å². The fourth-order valence-electron chi connectivity index (χ4n) is 2.53. The molecule has 0 aromatic heterocycles. The van der Waals surface area contributed by atoms with Crippen LogP contribution >= 0.6 is 0 Å². The van der Waals surface area contributed by atoms with Crippen molar-refractivity contribution in [3.63, 3.8) is 0 Å². The molecular weight excluding hydrogens is 324 g/mol. The van der Waals surface area contributed by atoms with E-state index < -0.39 is 29.0 Å². The van der Waals surface area contributed by atoms with Crippen molar-refractivity contribution < 1.29 is 24.2 Å². The van der Waals surface area contributed by atoms with E-state index in [2.05, 4.69) is 11.9 Å². The van der Waals surface area contributed by atoms with Gasteiger partial charge in [-0.1, -0.05) is 18.7 Å². The first-order chi connectivity index (χ1) is 11.5. The molecule has 1 aliphatic heterocycles. The molecule has 1 aromatic carbocycles. The second kappa shape index (κ2) is 6.23. The zero-order chi connectivity index (χ0) is 19.0. The van der Waals surface area contributed by atoms with E-state index >= 15 is 0 Å². The number of carboxylic acids is 1. The lowest BCUT2D eigenvalue weighted by molar-refractivity contribution is -0.153. The number of urea groups is 1. The lowest BCUT2D eigenvalue weighted by Gasteiger charge is -2.30. The predicted molar refractivity (Wildman–Crippen MR) is 91.2 cm³/mol. The van der Waals surface area contributed by atoms with E-state index in [1.165, 1.54) is 13.8 Å². The first-order valence-electron chi connectivity index (χ1n) is 7.78. The summed E-state index contributed by atoms with van der Waals surface area (Å²) in [5.74, 6) is -1.26. The summed E-state index contributed by atoms with van der Waals surface area (Å²) in [5, 5.41) is 11.9. The molecule has 2 N–H and O–H groups in total. The molecule has 0 saturated carbocycles. The number of amides is 3. The molecule has 1 aromatic rings. The third-order valence-electron chi connectivity index (χ3n) is 4.19. The van der Waals surface area contributed by atoms with Crippen molar-refractivity contribution in [3.8, 4) is 5.75 Å². The van der Waals surface area contributed by atoms with Crippen molar-refractivity contribution in [2.45, 2.75) is 38.8 Å². The van der Waals surface area contributed by atoms with Gasteiger partial charge in [0.15, 0.2) is 0 Å². The van der Waals surface area contributed by atoms with Gasteiger partial charge >= 0.3 is 12.0 Å². The first kappa shape index (κ1) is 18.5. The molecule has 1 atom stereocenters. The Morgan fingerprint density at radius 1 is 1.32 bits per heavy atom. The maximum absolute atomic E-state index is 12.8. The number of carbonyl (C=O) groups is 3. The molecule has 7 nitrogen and oxygen atoms in total. The number of benzene rings is 1. The van der Waals surface area contributed by atoms with Crippen LogP contribution in [0.2, 0.25) is 0 Å². The third-order valence-corrected chi connectivity index (χ3v) is 4.19. The van der Waals surface area contributed by atoms with Gasteiger partial charge in [-0.15, -0.1) is 0 Å². The maximum atomic E-state index is 12.8. The highest BCUT2D eigenvalue weighted by atomic mass is 16.5. The Bertz CT molecular complexity index is 738. The van der Waals surface area contributed by atoms with E-state index in [4.69, 9.17) is 4.74 Å². The molecule has 0 spiro atoms. The largest absolute Gasteiger partial charge is 0.489 e. The number of rotatable bonds is 6. The number of nitrogens with one attached hydrogen (secondary N) is 1. The van der Waals surface area contributed by atoms with E-state index in [9.17, 15) is 19.5 Å². The molecule has 0 radical (unpaired) electrons. The first-order valence-corrected chi connectivity index (χ1v) is 7.78. The smallest absolute Gasteiger partial charge is 0.329 e. The fourth-order valence-corrected chi connectivity index (χ4v) is 2.53. The van der Waals surface area contributed by atoms with Crippen LogP contribution in [0.4, 0.5) is 4.79 Å². The van der Waals surface area contributed by atoms with Gasteiger partial charge in [0.2, 0.25) is 0 Å². The molecular formula is C18H22N2O5. The average molecular weight is 346 g/mol. The molecule has 0 bridgehead atoms. The van der Waals surface area contributed by atoms with Gasteiger partial charge in [-0.2, -0.15) is 0 Å². The van der Waals surface area contributed by atoms with Crippen LogP contribution in [0, 0.1) is 0 Å². The standard InChI is InChI=1S/C18H22N2O5/c1-11(2)10-25-13-8-6-12(7-9-13)18(5)14(21)20(16(24)19-18)17(3,4)15(22)23/h6-9H,1,10H2,2-5H3,(H,19,24)(H,22,23). The molecule has 134 valence electrons.